The predicted octanol–water partition coefficient (Wildman–Crippen LogP) is 3.33. The van der Waals surface area contributed by atoms with E-state index < -0.39 is 17.5 Å². The van der Waals surface area contributed by atoms with Gasteiger partial charge in [0.25, 0.3) is 0 Å². The van der Waals surface area contributed by atoms with Gasteiger partial charge < -0.3 is 5.32 Å². The zero-order chi connectivity index (χ0) is 16.2. The number of hydrogen-bond acceptors (Lipinski definition) is 2. The molecule has 1 N–H and O–H groups in total. The average molecular weight is 313 g/mol. The summed E-state index contributed by atoms with van der Waals surface area (Å²) in [4.78, 5) is 11.9. The van der Waals surface area contributed by atoms with E-state index in [-0.39, 0.29) is 12.0 Å². The number of anilines is 1. The molecule has 2 aromatic carbocycles. The van der Waals surface area contributed by atoms with E-state index >= 15 is 0 Å². The topological polar surface area (TPSA) is 46.9 Å². The first-order valence-corrected chi connectivity index (χ1v) is 6.97. The Morgan fingerprint density at radius 1 is 1.09 bits per heavy atom. The molecule has 0 saturated carbocycles. The number of amides is 1. The van der Waals surface area contributed by atoms with Gasteiger partial charge in [0, 0.05) is 17.8 Å². The van der Waals surface area contributed by atoms with Crippen LogP contribution in [0.2, 0.25) is 0 Å². The Morgan fingerprint density at radius 2 is 1.87 bits per heavy atom. The molecule has 0 atom stereocenters. The van der Waals surface area contributed by atoms with Crippen LogP contribution in [0.3, 0.4) is 0 Å². The molecular formula is C17H13F2N3O. The van der Waals surface area contributed by atoms with Crippen molar-refractivity contribution in [1.29, 1.82) is 0 Å². The third kappa shape index (κ3) is 3.60. The lowest BCUT2D eigenvalue weighted by molar-refractivity contribution is -0.115. The van der Waals surface area contributed by atoms with E-state index in [1.54, 1.807) is 16.9 Å². The second-order valence-corrected chi connectivity index (χ2v) is 4.94. The highest BCUT2D eigenvalue weighted by molar-refractivity contribution is 5.91. The van der Waals surface area contributed by atoms with Crippen molar-refractivity contribution in [3.63, 3.8) is 0 Å². The lowest BCUT2D eigenvalue weighted by Crippen LogP contribution is -2.16. The van der Waals surface area contributed by atoms with Gasteiger partial charge in [-0.3, -0.25) is 4.79 Å². The van der Waals surface area contributed by atoms with Crippen LogP contribution < -0.4 is 5.32 Å². The summed E-state index contributed by atoms with van der Waals surface area (Å²) in [5.41, 5.74) is 0.856. The van der Waals surface area contributed by atoms with Crippen LogP contribution in [0.25, 0.3) is 5.69 Å². The average Bonchev–Trinajstić information content (AvgIpc) is 3.00. The lowest BCUT2D eigenvalue weighted by atomic mass is 10.1. The van der Waals surface area contributed by atoms with Crippen molar-refractivity contribution in [2.24, 2.45) is 0 Å². The Labute approximate surface area is 131 Å². The Morgan fingerprint density at radius 3 is 2.65 bits per heavy atom. The molecule has 0 spiro atoms. The second kappa shape index (κ2) is 6.39. The fourth-order valence-corrected chi connectivity index (χ4v) is 2.15. The van der Waals surface area contributed by atoms with E-state index in [0.717, 1.165) is 23.9 Å². The number of hydrogen-bond donors (Lipinski definition) is 1. The van der Waals surface area contributed by atoms with Gasteiger partial charge in [-0.2, -0.15) is 5.10 Å². The molecule has 23 heavy (non-hydrogen) atoms. The molecule has 1 aromatic heterocycles. The number of carbonyl (C=O) groups is 1. The smallest absolute Gasteiger partial charge is 0.230 e. The summed E-state index contributed by atoms with van der Waals surface area (Å²) in [7, 11) is 0. The van der Waals surface area contributed by atoms with Crippen LogP contribution in [0.1, 0.15) is 5.56 Å². The molecule has 0 bridgehead atoms. The third-order valence-corrected chi connectivity index (χ3v) is 3.24. The fraction of sp³-hybridized carbons (Fsp3) is 0.0588. The van der Waals surface area contributed by atoms with Gasteiger partial charge in [0.2, 0.25) is 5.91 Å². The van der Waals surface area contributed by atoms with Gasteiger partial charge in [-0.15, -0.1) is 0 Å². The van der Waals surface area contributed by atoms with E-state index in [2.05, 4.69) is 10.4 Å². The molecule has 0 fully saturated rings. The molecule has 3 aromatic rings. The van der Waals surface area contributed by atoms with Crippen molar-refractivity contribution in [1.82, 2.24) is 9.78 Å². The Kier molecular flexibility index (Phi) is 4.14. The zero-order valence-corrected chi connectivity index (χ0v) is 12.0. The zero-order valence-electron chi connectivity index (χ0n) is 12.0. The lowest BCUT2D eigenvalue weighted by Gasteiger charge is -2.04. The van der Waals surface area contributed by atoms with E-state index in [9.17, 15) is 13.6 Å². The molecule has 1 amide bonds. The maximum Gasteiger partial charge on any atom is 0.230 e. The van der Waals surface area contributed by atoms with Gasteiger partial charge in [-0.25, -0.2) is 13.5 Å². The SMILES string of the molecule is O=C(Cc1cc(F)ccc1F)Nc1ccn(-c2ccccc2)n1. The van der Waals surface area contributed by atoms with E-state index in [1.165, 1.54) is 0 Å². The van der Waals surface area contributed by atoms with Crippen LogP contribution in [0.15, 0.2) is 60.8 Å². The van der Waals surface area contributed by atoms with Gasteiger partial charge in [0.15, 0.2) is 5.82 Å². The van der Waals surface area contributed by atoms with Crippen molar-refractivity contribution < 1.29 is 13.6 Å². The Hall–Kier alpha value is -3.02. The molecule has 0 radical (unpaired) electrons. The summed E-state index contributed by atoms with van der Waals surface area (Å²) in [5, 5.41) is 6.79. The largest absolute Gasteiger partial charge is 0.309 e. The number of halogens is 2. The van der Waals surface area contributed by atoms with E-state index in [0.29, 0.717) is 5.82 Å². The summed E-state index contributed by atoms with van der Waals surface area (Å²) in [6.07, 6.45) is 1.44. The van der Waals surface area contributed by atoms with Crippen molar-refractivity contribution in [2.75, 3.05) is 5.32 Å². The van der Waals surface area contributed by atoms with Gasteiger partial charge in [-0.1, -0.05) is 18.2 Å². The first-order valence-electron chi connectivity index (χ1n) is 6.97. The molecule has 116 valence electrons. The highest BCUT2D eigenvalue weighted by Crippen LogP contribution is 2.13. The minimum atomic E-state index is -0.614. The van der Waals surface area contributed by atoms with E-state index in [1.807, 2.05) is 30.3 Å². The number of rotatable bonds is 4. The van der Waals surface area contributed by atoms with Gasteiger partial charge in [0.05, 0.1) is 12.1 Å². The van der Waals surface area contributed by atoms with Gasteiger partial charge in [-0.05, 0) is 30.3 Å². The minimum absolute atomic E-state index is 0.00462. The van der Waals surface area contributed by atoms with Crippen LogP contribution in [0, 0.1) is 11.6 Å². The van der Waals surface area contributed by atoms with Crippen LogP contribution in [0.5, 0.6) is 0 Å². The van der Waals surface area contributed by atoms with Crippen LogP contribution in [-0.2, 0) is 11.2 Å². The van der Waals surface area contributed by atoms with Crippen molar-refractivity contribution >= 4 is 11.7 Å². The molecule has 4 nitrogen and oxygen atoms in total. The summed E-state index contributed by atoms with van der Waals surface area (Å²) in [6, 6.07) is 14.1. The van der Waals surface area contributed by atoms with Crippen molar-refractivity contribution in [2.45, 2.75) is 6.42 Å². The summed E-state index contributed by atoms with van der Waals surface area (Å²) in [5.74, 6) is -1.32. The van der Waals surface area contributed by atoms with E-state index in [4.69, 9.17) is 0 Å². The summed E-state index contributed by atoms with van der Waals surface area (Å²) >= 11 is 0. The predicted molar refractivity (Wildman–Crippen MR) is 82.3 cm³/mol. The standard InChI is InChI=1S/C17H13F2N3O/c18-13-6-7-15(19)12(10-13)11-17(23)20-16-8-9-22(21-16)14-4-2-1-3-5-14/h1-10H,11H2,(H,20,21,23). The summed E-state index contributed by atoms with van der Waals surface area (Å²) in [6.45, 7) is 0. The highest BCUT2D eigenvalue weighted by atomic mass is 19.1. The Bertz CT molecular complexity index is 831. The molecule has 0 unspecified atom stereocenters. The summed E-state index contributed by atoms with van der Waals surface area (Å²) < 4.78 is 28.2. The van der Waals surface area contributed by atoms with Crippen LogP contribution in [-0.4, -0.2) is 15.7 Å². The van der Waals surface area contributed by atoms with Crippen LogP contribution in [0.4, 0.5) is 14.6 Å². The first-order chi connectivity index (χ1) is 11.1. The molecule has 0 saturated heterocycles. The normalized spacial score (nSPS) is 10.5. The maximum atomic E-state index is 13.5. The number of aromatic nitrogens is 2. The molecule has 1 heterocycles. The number of benzene rings is 2. The van der Waals surface area contributed by atoms with Gasteiger partial charge in [0.1, 0.15) is 11.6 Å². The molecular weight excluding hydrogens is 300 g/mol. The molecule has 0 aliphatic rings. The van der Waals surface area contributed by atoms with Gasteiger partial charge >= 0.3 is 0 Å². The number of carbonyl (C=O) groups excluding carboxylic acids is 1. The van der Waals surface area contributed by atoms with Crippen LogP contribution >= 0.6 is 0 Å². The third-order valence-electron chi connectivity index (χ3n) is 3.24. The maximum absolute atomic E-state index is 13.5. The van der Waals surface area contributed by atoms with Crippen molar-refractivity contribution in [3.05, 3.63) is 78.0 Å². The highest BCUT2D eigenvalue weighted by Gasteiger charge is 2.11. The molecule has 6 heteroatoms. The molecule has 0 aliphatic heterocycles. The number of para-hydroxylation sites is 1. The fourth-order valence-electron chi connectivity index (χ4n) is 2.15. The van der Waals surface area contributed by atoms with Crippen molar-refractivity contribution in [3.8, 4) is 5.69 Å². The monoisotopic (exact) mass is 313 g/mol. The quantitative estimate of drug-likeness (QED) is 0.803. The Balaban J connectivity index is 1.69. The number of nitrogens with one attached hydrogen (secondary N) is 1. The molecule has 0 aliphatic carbocycles. The first kappa shape index (κ1) is 14.9. The minimum Gasteiger partial charge on any atom is -0.309 e. The molecule has 3 rings (SSSR count). The second-order valence-electron chi connectivity index (χ2n) is 4.94. The number of nitrogens with zero attached hydrogens (tertiary/aromatic N) is 2.